The number of nitrogens with zero attached hydrogens (tertiary/aromatic N) is 6. The van der Waals surface area contributed by atoms with E-state index >= 15 is 0 Å². The third kappa shape index (κ3) is 3.96. The number of rotatable bonds is 8. The van der Waals surface area contributed by atoms with E-state index in [9.17, 15) is 24.8 Å². The lowest BCUT2D eigenvalue weighted by Crippen LogP contribution is -2.38. The minimum absolute atomic E-state index is 0.00459. The molecule has 11 heteroatoms. The topological polar surface area (TPSA) is 128 Å². The molecule has 11 nitrogen and oxygen atoms in total. The SMILES string of the molecule is Cn1c(=O)c2c(nc([N+](=O)[O-])n2CCN(CCO)Cc2ccccc2)n(C)c1=O. The Morgan fingerprint density at radius 2 is 1.83 bits per heavy atom. The molecule has 0 atom stereocenters. The average Bonchev–Trinajstić information content (AvgIpc) is 3.10. The van der Waals surface area contributed by atoms with Gasteiger partial charge in [0.05, 0.1) is 13.2 Å². The maximum Gasteiger partial charge on any atom is 0.437 e. The Kier molecular flexibility index (Phi) is 5.89. The van der Waals surface area contributed by atoms with Gasteiger partial charge in [0, 0.05) is 33.7 Å². The molecule has 2 aromatic heterocycles. The van der Waals surface area contributed by atoms with Crippen LogP contribution in [-0.2, 0) is 27.2 Å². The van der Waals surface area contributed by atoms with Crippen molar-refractivity contribution in [2.24, 2.45) is 14.1 Å². The van der Waals surface area contributed by atoms with Crippen LogP contribution in [0.15, 0.2) is 39.9 Å². The zero-order valence-corrected chi connectivity index (χ0v) is 16.2. The zero-order chi connectivity index (χ0) is 21.1. The number of aliphatic hydroxyl groups excluding tert-OH is 1. The first-order valence-electron chi connectivity index (χ1n) is 9.03. The molecule has 0 aliphatic rings. The highest BCUT2D eigenvalue weighted by Crippen LogP contribution is 2.18. The molecule has 0 bridgehead atoms. The Hall–Kier alpha value is -3.31. The molecule has 3 rings (SSSR count). The summed E-state index contributed by atoms with van der Waals surface area (Å²) in [5.74, 6) is -0.498. The van der Waals surface area contributed by atoms with Crippen molar-refractivity contribution in [1.82, 2.24) is 23.6 Å². The number of benzene rings is 1. The molecule has 0 saturated heterocycles. The molecule has 0 saturated carbocycles. The molecule has 29 heavy (non-hydrogen) atoms. The highest BCUT2D eigenvalue weighted by molar-refractivity contribution is 5.72. The monoisotopic (exact) mass is 402 g/mol. The molecule has 0 spiro atoms. The number of aryl methyl sites for hydroxylation is 1. The largest absolute Gasteiger partial charge is 0.437 e. The lowest BCUT2D eigenvalue weighted by Gasteiger charge is -2.21. The molecule has 0 amide bonds. The normalized spacial score (nSPS) is 11.4. The van der Waals surface area contributed by atoms with Crippen molar-refractivity contribution in [3.8, 4) is 0 Å². The Morgan fingerprint density at radius 3 is 2.45 bits per heavy atom. The summed E-state index contributed by atoms with van der Waals surface area (Å²) >= 11 is 0. The van der Waals surface area contributed by atoms with Crippen LogP contribution in [0.3, 0.4) is 0 Å². The number of hydrogen-bond acceptors (Lipinski definition) is 7. The number of nitro groups is 1. The summed E-state index contributed by atoms with van der Waals surface area (Å²) in [6.07, 6.45) is 0. The van der Waals surface area contributed by atoms with Gasteiger partial charge in [0.1, 0.15) is 0 Å². The molecule has 1 aromatic carbocycles. The minimum Gasteiger partial charge on any atom is -0.395 e. The van der Waals surface area contributed by atoms with E-state index in [0.717, 1.165) is 14.7 Å². The van der Waals surface area contributed by atoms with Crippen LogP contribution >= 0.6 is 0 Å². The summed E-state index contributed by atoms with van der Waals surface area (Å²) in [5, 5.41) is 20.9. The fourth-order valence-electron chi connectivity index (χ4n) is 3.28. The first kappa shape index (κ1) is 20.4. The van der Waals surface area contributed by atoms with Gasteiger partial charge < -0.3 is 15.2 Å². The number of hydrogen-bond donors (Lipinski definition) is 1. The van der Waals surface area contributed by atoms with Crippen molar-refractivity contribution in [2.75, 3.05) is 19.7 Å². The van der Waals surface area contributed by atoms with Crippen LogP contribution in [-0.4, -0.2) is 53.3 Å². The van der Waals surface area contributed by atoms with Crippen LogP contribution in [0.5, 0.6) is 0 Å². The van der Waals surface area contributed by atoms with E-state index in [1.165, 1.54) is 18.7 Å². The van der Waals surface area contributed by atoms with Crippen molar-refractivity contribution in [3.63, 3.8) is 0 Å². The second-order valence-corrected chi connectivity index (χ2v) is 6.68. The Bertz CT molecular complexity index is 1150. The minimum atomic E-state index is -0.669. The third-order valence-electron chi connectivity index (χ3n) is 4.80. The van der Waals surface area contributed by atoms with Crippen LogP contribution in [0.2, 0.25) is 0 Å². The molecule has 0 aliphatic heterocycles. The van der Waals surface area contributed by atoms with Crippen molar-refractivity contribution >= 4 is 17.1 Å². The summed E-state index contributed by atoms with van der Waals surface area (Å²) < 4.78 is 3.25. The van der Waals surface area contributed by atoms with E-state index < -0.39 is 22.1 Å². The Labute approximate surface area is 165 Å². The van der Waals surface area contributed by atoms with Gasteiger partial charge in [-0.2, -0.15) is 0 Å². The standard InChI is InChI=1S/C18H22N6O5/c1-20-15-14(16(26)21(2)18(20)27)23(17(19-15)24(28)29)9-8-22(10-11-25)12-13-6-4-3-5-7-13/h3-7,25H,8-12H2,1-2H3. The molecule has 0 radical (unpaired) electrons. The van der Waals surface area contributed by atoms with Gasteiger partial charge >= 0.3 is 11.6 Å². The van der Waals surface area contributed by atoms with Gasteiger partial charge in [-0.3, -0.25) is 18.8 Å². The molecule has 2 heterocycles. The van der Waals surface area contributed by atoms with Crippen molar-refractivity contribution < 1.29 is 10.0 Å². The van der Waals surface area contributed by atoms with E-state index in [4.69, 9.17) is 0 Å². The summed E-state index contributed by atoms with van der Waals surface area (Å²) in [7, 11) is 2.74. The van der Waals surface area contributed by atoms with E-state index in [1.807, 2.05) is 35.2 Å². The van der Waals surface area contributed by atoms with E-state index in [-0.39, 0.29) is 24.3 Å². The third-order valence-corrected chi connectivity index (χ3v) is 4.80. The quantitative estimate of drug-likeness (QED) is 0.409. The zero-order valence-electron chi connectivity index (χ0n) is 16.2. The predicted molar refractivity (Wildman–Crippen MR) is 106 cm³/mol. The van der Waals surface area contributed by atoms with Gasteiger partial charge in [-0.05, 0) is 15.5 Å². The van der Waals surface area contributed by atoms with Gasteiger partial charge in [0.25, 0.3) is 11.2 Å². The second kappa shape index (κ2) is 8.37. The summed E-state index contributed by atoms with van der Waals surface area (Å²) in [6.45, 7) is 1.28. The highest BCUT2D eigenvalue weighted by atomic mass is 16.6. The lowest BCUT2D eigenvalue weighted by atomic mass is 10.2. The number of fused-ring (bicyclic) bond motifs is 1. The van der Waals surface area contributed by atoms with Gasteiger partial charge in [-0.25, -0.2) is 9.36 Å². The highest BCUT2D eigenvalue weighted by Gasteiger charge is 2.28. The maximum absolute atomic E-state index is 12.6. The predicted octanol–water partition coefficient (Wildman–Crippen LogP) is -0.164. The van der Waals surface area contributed by atoms with Crippen molar-refractivity contribution in [1.29, 1.82) is 0 Å². The molecular weight excluding hydrogens is 380 g/mol. The molecule has 0 fully saturated rings. The van der Waals surface area contributed by atoms with Gasteiger partial charge in [-0.15, -0.1) is 0 Å². The number of aromatic nitrogens is 4. The fraction of sp³-hybridized carbons (Fsp3) is 0.389. The average molecular weight is 402 g/mol. The molecule has 0 aliphatic carbocycles. The number of aliphatic hydroxyl groups is 1. The van der Waals surface area contributed by atoms with E-state index in [1.54, 1.807) is 0 Å². The first-order valence-corrected chi connectivity index (χ1v) is 9.03. The Balaban J connectivity index is 2.00. The van der Waals surface area contributed by atoms with Crippen LogP contribution in [0.25, 0.3) is 11.2 Å². The van der Waals surface area contributed by atoms with Crippen molar-refractivity contribution in [3.05, 3.63) is 66.8 Å². The molecule has 1 N–H and O–H groups in total. The van der Waals surface area contributed by atoms with Gasteiger partial charge in [0.15, 0.2) is 0 Å². The molecule has 154 valence electrons. The summed E-state index contributed by atoms with van der Waals surface area (Å²) in [4.78, 5) is 41.5. The molecule has 0 unspecified atom stereocenters. The van der Waals surface area contributed by atoms with E-state index in [2.05, 4.69) is 4.98 Å². The Morgan fingerprint density at radius 1 is 1.14 bits per heavy atom. The van der Waals surface area contributed by atoms with Gasteiger partial charge in [0.2, 0.25) is 5.52 Å². The van der Waals surface area contributed by atoms with Crippen molar-refractivity contribution in [2.45, 2.75) is 13.1 Å². The van der Waals surface area contributed by atoms with Crippen LogP contribution in [0.1, 0.15) is 5.56 Å². The first-order chi connectivity index (χ1) is 13.8. The smallest absolute Gasteiger partial charge is 0.395 e. The summed E-state index contributed by atoms with van der Waals surface area (Å²) in [6, 6.07) is 9.62. The van der Waals surface area contributed by atoms with Gasteiger partial charge in [-0.1, -0.05) is 30.3 Å². The van der Waals surface area contributed by atoms with Crippen LogP contribution in [0, 0.1) is 10.1 Å². The summed E-state index contributed by atoms with van der Waals surface area (Å²) in [5.41, 5.74) is -0.232. The maximum atomic E-state index is 12.6. The lowest BCUT2D eigenvalue weighted by molar-refractivity contribution is -0.396. The van der Waals surface area contributed by atoms with Crippen LogP contribution < -0.4 is 11.2 Å². The fourth-order valence-corrected chi connectivity index (χ4v) is 3.28. The molecular formula is C18H22N6O5. The number of imidazole rings is 1. The van der Waals surface area contributed by atoms with E-state index in [0.29, 0.717) is 19.6 Å². The second-order valence-electron chi connectivity index (χ2n) is 6.68. The van der Waals surface area contributed by atoms with Crippen LogP contribution in [0.4, 0.5) is 5.95 Å². The molecule has 3 aromatic rings.